The quantitative estimate of drug-likeness (QED) is 0.809. The van der Waals surface area contributed by atoms with E-state index in [-0.39, 0.29) is 18.3 Å². The number of nitrogens with one attached hydrogen (secondary N) is 2. The normalized spacial score (nSPS) is 16.6. The lowest BCUT2D eigenvalue weighted by atomic mass is 9.86. The first-order chi connectivity index (χ1) is 11.2. The van der Waals surface area contributed by atoms with Crippen LogP contribution >= 0.6 is 0 Å². The lowest BCUT2D eigenvalue weighted by Crippen LogP contribution is -2.31. The molecule has 0 radical (unpaired) electrons. The third kappa shape index (κ3) is 6.18. The number of rotatable bonds is 1. The van der Waals surface area contributed by atoms with Gasteiger partial charge in [-0.3, -0.25) is 9.98 Å². The Hall–Kier alpha value is -1.84. The molecule has 0 unspecified atom stereocenters. The molecule has 4 nitrogen and oxygen atoms in total. The van der Waals surface area contributed by atoms with Crippen LogP contribution in [0.3, 0.4) is 0 Å². The summed E-state index contributed by atoms with van der Waals surface area (Å²) in [4.78, 5) is 8.72. The Labute approximate surface area is 154 Å². The molecule has 0 saturated carbocycles. The van der Waals surface area contributed by atoms with Crippen LogP contribution in [0.25, 0.3) is 0 Å². The van der Waals surface area contributed by atoms with E-state index in [1.54, 1.807) is 0 Å². The third-order valence-corrected chi connectivity index (χ3v) is 4.08. The van der Waals surface area contributed by atoms with Crippen LogP contribution in [-0.2, 0) is 5.41 Å². The van der Waals surface area contributed by atoms with E-state index in [0.717, 1.165) is 37.9 Å². The lowest BCUT2D eigenvalue weighted by molar-refractivity contribution is 0.575. The molecule has 25 heavy (non-hydrogen) atoms. The molecule has 2 N–H and O–H groups in total. The van der Waals surface area contributed by atoms with Crippen LogP contribution in [0.2, 0.25) is 0 Å². The van der Waals surface area contributed by atoms with Gasteiger partial charge >= 0.3 is 0 Å². The average Bonchev–Trinajstić information content (AvgIpc) is 3.20. The summed E-state index contributed by atoms with van der Waals surface area (Å²) in [5, 5.41) is 6.53. The predicted molar refractivity (Wildman–Crippen MR) is 111 cm³/mol. The van der Waals surface area contributed by atoms with Gasteiger partial charge in [-0.05, 0) is 11.0 Å². The Kier molecular flexibility index (Phi) is 7.21. The first kappa shape index (κ1) is 21.2. The van der Waals surface area contributed by atoms with Crippen molar-refractivity contribution in [3.05, 3.63) is 35.4 Å². The van der Waals surface area contributed by atoms with E-state index in [1.165, 1.54) is 11.1 Å². The van der Waals surface area contributed by atoms with Crippen LogP contribution in [0.5, 0.6) is 0 Å². The van der Waals surface area contributed by atoms with E-state index in [2.05, 4.69) is 86.4 Å². The molecule has 0 aliphatic carbocycles. The van der Waals surface area contributed by atoms with E-state index >= 15 is 0 Å². The standard InChI is InChI=1S/C13H18N2.C7H14N2.CH4/c1-13(2,3)11-6-4-10(5-7-11)12-14-8-9-15-12;1-7(2,3)6-8-4-5-9-6;/h4-7H,8-9H2,1-3H3,(H,14,15);4-5H2,1-3H3,(H,8,9);1H4. The van der Waals surface area contributed by atoms with E-state index in [9.17, 15) is 0 Å². The molecule has 0 fully saturated rings. The molecule has 3 rings (SSSR count). The summed E-state index contributed by atoms with van der Waals surface area (Å²) in [5.74, 6) is 2.19. The topological polar surface area (TPSA) is 48.8 Å². The monoisotopic (exact) mass is 344 g/mol. The minimum Gasteiger partial charge on any atom is -0.372 e. The molecule has 1 aromatic carbocycles. The van der Waals surface area contributed by atoms with Crippen molar-refractivity contribution < 1.29 is 0 Å². The minimum absolute atomic E-state index is 0. The molecule has 0 saturated heterocycles. The molecule has 4 heteroatoms. The van der Waals surface area contributed by atoms with Gasteiger partial charge in [-0.2, -0.15) is 0 Å². The Bertz CT molecular complexity index is 598. The number of hydrogen-bond donors (Lipinski definition) is 2. The maximum Gasteiger partial charge on any atom is 0.128 e. The fourth-order valence-corrected chi connectivity index (χ4v) is 2.62. The van der Waals surface area contributed by atoms with Gasteiger partial charge in [-0.15, -0.1) is 0 Å². The Balaban J connectivity index is 0.000000270. The summed E-state index contributed by atoms with van der Waals surface area (Å²) in [6, 6.07) is 8.69. The second-order valence-corrected chi connectivity index (χ2v) is 8.39. The molecule has 1 aromatic rings. The van der Waals surface area contributed by atoms with E-state index in [0.29, 0.717) is 0 Å². The van der Waals surface area contributed by atoms with Crippen LogP contribution in [0.4, 0.5) is 0 Å². The SMILES string of the molecule is C.CC(C)(C)C1=NCCN1.CC(C)(C)c1ccc(C2=NCCN2)cc1. The van der Waals surface area contributed by atoms with Gasteiger partial charge in [0, 0.05) is 24.1 Å². The molecule has 0 spiro atoms. The predicted octanol–water partition coefficient (Wildman–Crippen LogP) is 4.00. The third-order valence-electron chi connectivity index (χ3n) is 4.08. The number of amidine groups is 2. The number of aliphatic imine (C=N–C) groups is 2. The first-order valence-electron chi connectivity index (χ1n) is 8.86. The van der Waals surface area contributed by atoms with Crippen LogP contribution in [0.15, 0.2) is 34.3 Å². The molecule has 0 bridgehead atoms. The van der Waals surface area contributed by atoms with Crippen molar-refractivity contribution in [3.8, 4) is 0 Å². The molecule has 2 aliphatic heterocycles. The second kappa shape index (κ2) is 8.50. The molecule has 0 amide bonds. The number of hydrogen-bond acceptors (Lipinski definition) is 4. The first-order valence-corrected chi connectivity index (χ1v) is 8.86. The summed E-state index contributed by atoms with van der Waals surface area (Å²) >= 11 is 0. The zero-order valence-electron chi connectivity index (χ0n) is 16.0. The molecule has 140 valence electrons. The molecular formula is C21H36N4. The van der Waals surface area contributed by atoms with Gasteiger partial charge in [0.25, 0.3) is 0 Å². The minimum atomic E-state index is 0. The molecule has 2 heterocycles. The highest BCUT2D eigenvalue weighted by molar-refractivity contribution is 5.99. The largest absolute Gasteiger partial charge is 0.372 e. The Morgan fingerprint density at radius 2 is 1.32 bits per heavy atom. The van der Waals surface area contributed by atoms with Gasteiger partial charge in [0.05, 0.1) is 13.1 Å². The van der Waals surface area contributed by atoms with Crippen molar-refractivity contribution in [2.75, 3.05) is 26.2 Å². The van der Waals surface area contributed by atoms with E-state index in [1.807, 2.05) is 0 Å². The van der Waals surface area contributed by atoms with Gasteiger partial charge in [0.15, 0.2) is 0 Å². The van der Waals surface area contributed by atoms with E-state index < -0.39 is 0 Å². The fourth-order valence-electron chi connectivity index (χ4n) is 2.62. The second-order valence-electron chi connectivity index (χ2n) is 8.39. The van der Waals surface area contributed by atoms with Crippen LogP contribution in [0.1, 0.15) is 60.1 Å². The van der Waals surface area contributed by atoms with Crippen LogP contribution in [-0.4, -0.2) is 37.9 Å². The highest BCUT2D eigenvalue weighted by atomic mass is 15.1. The average molecular weight is 345 g/mol. The maximum absolute atomic E-state index is 4.40. The zero-order chi connectivity index (χ0) is 17.8. The molecular weight excluding hydrogens is 308 g/mol. The Morgan fingerprint density at radius 1 is 0.760 bits per heavy atom. The van der Waals surface area contributed by atoms with Gasteiger partial charge < -0.3 is 10.6 Å². The van der Waals surface area contributed by atoms with Crippen molar-refractivity contribution in [2.45, 2.75) is 54.4 Å². The summed E-state index contributed by atoms with van der Waals surface area (Å²) in [6.45, 7) is 17.0. The van der Waals surface area contributed by atoms with Crippen molar-refractivity contribution in [1.82, 2.24) is 10.6 Å². The highest BCUT2D eigenvalue weighted by Crippen LogP contribution is 2.22. The zero-order valence-corrected chi connectivity index (χ0v) is 16.0. The van der Waals surface area contributed by atoms with Gasteiger partial charge in [0.2, 0.25) is 0 Å². The summed E-state index contributed by atoms with van der Waals surface area (Å²) in [6.07, 6.45) is 0. The van der Waals surface area contributed by atoms with Crippen molar-refractivity contribution in [3.63, 3.8) is 0 Å². The van der Waals surface area contributed by atoms with Crippen molar-refractivity contribution in [2.24, 2.45) is 15.4 Å². The molecule has 2 aliphatic rings. The summed E-state index contributed by atoms with van der Waals surface area (Å²) < 4.78 is 0. The number of benzene rings is 1. The van der Waals surface area contributed by atoms with Crippen LogP contribution < -0.4 is 10.6 Å². The smallest absolute Gasteiger partial charge is 0.128 e. The van der Waals surface area contributed by atoms with Gasteiger partial charge in [0.1, 0.15) is 11.7 Å². The highest BCUT2D eigenvalue weighted by Gasteiger charge is 2.20. The van der Waals surface area contributed by atoms with Crippen molar-refractivity contribution in [1.29, 1.82) is 0 Å². The lowest BCUT2D eigenvalue weighted by Gasteiger charge is -2.19. The Morgan fingerprint density at radius 3 is 1.68 bits per heavy atom. The fraction of sp³-hybridized carbons (Fsp3) is 0.619. The summed E-state index contributed by atoms with van der Waals surface area (Å²) in [5.41, 5.74) is 3.00. The maximum atomic E-state index is 4.40. The van der Waals surface area contributed by atoms with Gasteiger partial charge in [-0.25, -0.2) is 0 Å². The van der Waals surface area contributed by atoms with Gasteiger partial charge in [-0.1, -0.05) is 73.2 Å². The number of nitrogens with zero attached hydrogens (tertiary/aromatic N) is 2. The van der Waals surface area contributed by atoms with Crippen molar-refractivity contribution >= 4 is 11.7 Å². The van der Waals surface area contributed by atoms with E-state index in [4.69, 9.17) is 0 Å². The molecule has 0 aromatic heterocycles. The molecule has 0 atom stereocenters. The summed E-state index contributed by atoms with van der Waals surface area (Å²) in [7, 11) is 0. The van der Waals surface area contributed by atoms with Crippen LogP contribution in [0, 0.1) is 5.41 Å².